The van der Waals surface area contributed by atoms with Gasteiger partial charge in [-0.05, 0) is 24.8 Å². The highest BCUT2D eigenvalue weighted by Gasteiger charge is 2.18. The molecule has 2 rings (SSSR count). The van der Waals surface area contributed by atoms with Crippen molar-refractivity contribution in [1.29, 1.82) is 0 Å². The standard InChI is InChI=1S/C12H15NO4/c14-13(15)11-3-1-2-4-12(11)17-9-10-5-7-16-8-6-10/h1-4,10H,5-9H2. The number of nitrogens with zero attached hydrogens (tertiary/aromatic N) is 1. The highest BCUT2D eigenvalue weighted by atomic mass is 16.6. The summed E-state index contributed by atoms with van der Waals surface area (Å²) in [5, 5.41) is 10.8. The molecule has 1 aromatic rings. The lowest BCUT2D eigenvalue weighted by Gasteiger charge is -2.21. The SMILES string of the molecule is O=[N+]([O-])c1ccccc1OCC1CCOCC1. The highest BCUT2D eigenvalue weighted by Crippen LogP contribution is 2.27. The molecule has 0 aromatic heterocycles. The van der Waals surface area contributed by atoms with Crippen molar-refractivity contribution in [2.75, 3.05) is 19.8 Å². The first-order valence-electron chi connectivity index (χ1n) is 5.71. The first-order valence-corrected chi connectivity index (χ1v) is 5.71. The molecule has 1 heterocycles. The van der Waals surface area contributed by atoms with Crippen LogP contribution in [0.2, 0.25) is 0 Å². The lowest BCUT2D eigenvalue weighted by atomic mass is 10.0. The fraction of sp³-hybridized carbons (Fsp3) is 0.500. The van der Waals surface area contributed by atoms with Crippen LogP contribution in [0.3, 0.4) is 0 Å². The first kappa shape index (κ1) is 11.9. The molecule has 1 aromatic carbocycles. The van der Waals surface area contributed by atoms with Crippen LogP contribution in [0.15, 0.2) is 24.3 Å². The molecule has 0 N–H and O–H groups in total. The Morgan fingerprint density at radius 1 is 1.35 bits per heavy atom. The molecule has 0 spiro atoms. The van der Waals surface area contributed by atoms with Crippen molar-refractivity contribution in [2.45, 2.75) is 12.8 Å². The number of hydrogen-bond donors (Lipinski definition) is 0. The fourth-order valence-corrected chi connectivity index (χ4v) is 1.85. The van der Waals surface area contributed by atoms with Crippen LogP contribution in [0.5, 0.6) is 5.75 Å². The molecule has 0 saturated carbocycles. The summed E-state index contributed by atoms with van der Waals surface area (Å²) < 4.78 is 10.8. The average molecular weight is 237 g/mol. The minimum absolute atomic E-state index is 0.0274. The van der Waals surface area contributed by atoms with E-state index in [-0.39, 0.29) is 5.69 Å². The summed E-state index contributed by atoms with van der Waals surface area (Å²) >= 11 is 0. The van der Waals surface area contributed by atoms with Crippen molar-refractivity contribution in [3.05, 3.63) is 34.4 Å². The zero-order valence-corrected chi connectivity index (χ0v) is 9.50. The van der Waals surface area contributed by atoms with Gasteiger partial charge in [-0.25, -0.2) is 0 Å². The van der Waals surface area contributed by atoms with Crippen molar-refractivity contribution >= 4 is 5.69 Å². The Balaban J connectivity index is 1.96. The third kappa shape index (κ3) is 3.17. The maximum absolute atomic E-state index is 10.8. The predicted octanol–water partition coefficient (Wildman–Crippen LogP) is 2.40. The number of para-hydroxylation sites is 2. The second-order valence-electron chi connectivity index (χ2n) is 4.09. The van der Waals surface area contributed by atoms with Crippen LogP contribution in [0.4, 0.5) is 5.69 Å². The molecule has 1 aliphatic rings. The minimum Gasteiger partial charge on any atom is -0.487 e. The molecule has 1 aliphatic heterocycles. The summed E-state index contributed by atoms with van der Waals surface area (Å²) in [6, 6.07) is 6.47. The van der Waals surface area contributed by atoms with Gasteiger partial charge in [0.2, 0.25) is 0 Å². The fourth-order valence-electron chi connectivity index (χ4n) is 1.85. The van der Waals surface area contributed by atoms with E-state index in [0.717, 1.165) is 26.1 Å². The van der Waals surface area contributed by atoms with Gasteiger partial charge < -0.3 is 9.47 Å². The maximum Gasteiger partial charge on any atom is 0.310 e. The Hall–Kier alpha value is -1.62. The number of nitro benzene ring substituents is 1. The van der Waals surface area contributed by atoms with E-state index in [9.17, 15) is 10.1 Å². The molecule has 0 radical (unpaired) electrons. The molecule has 1 fully saturated rings. The summed E-state index contributed by atoms with van der Waals surface area (Å²) in [7, 11) is 0. The molecule has 0 bridgehead atoms. The number of nitro groups is 1. The molecule has 92 valence electrons. The number of ether oxygens (including phenoxy) is 2. The van der Waals surface area contributed by atoms with E-state index in [1.807, 2.05) is 0 Å². The van der Waals surface area contributed by atoms with Crippen LogP contribution in [-0.4, -0.2) is 24.7 Å². The summed E-state index contributed by atoms with van der Waals surface area (Å²) in [4.78, 5) is 10.4. The Kier molecular flexibility index (Phi) is 3.93. The monoisotopic (exact) mass is 237 g/mol. The van der Waals surface area contributed by atoms with Gasteiger partial charge >= 0.3 is 5.69 Å². The molecule has 0 amide bonds. The van der Waals surface area contributed by atoms with Crippen LogP contribution in [-0.2, 0) is 4.74 Å². The Bertz CT molecular complexity index is 388. The van der Waals surface area contributed by atoms with Gasteiger partial charge in [-0.15, -0.1) is 0 Å². The maximum atomic E-state index is 10.8. The Morgan fingerprint density at radius 3 is 2.76 bits per heavy atom. The first-order chi connectivity index (χ1) is 8.27. The van der Waals surface area contributed by atoms with Gasteiger partial charge in [0.15, 0.2) is 5.75 Å². The smallest absolute Gasteiger partial charge is 0.310 e. The van der Waals surface area contributed by atoms with Crippen molar-refractivity contribution in [1.82, 2.24) is 0 Å². The number of hydrogen-bond acceptors (Lipinski definition) is 4. The summed E-state index contributed by atoms with van der Waals surface area (Å²) in [5.74, 6) is 0.785. The van der Waals surface area contributed by atoms with Crippen LogP contribution in [0, 0.1) is 16.0 Å². The molecule has 17 heavy (non-hydrogen) atoms. The van der Waals surface area contributed by atoms with E-state index in [4.69, 9.17) is 9.47 Å². The Labute approximate surface area is 99.5 Å². The van der Waals surface area contributed by atoms with Crippen molar-refractivity contribution in [2.24, 2.45) is 5.92 Å². The van der Waals surface area contributed by atoms with Crippen LogP contribution < -0.4 is 4.74 Å². The van der Waals surface area contributed by atoms with E-state index < -0.39 is 4.92 Å². The van der Waals surface area contributed by atoms with Gasteiger partial charge in [-0.1, -0.05) is 12.1 Å². The van der Waals surface area contributed by atoms with Crippen LogP contribution in [0.25, 0.3) is 0 Å². The number of rotatable bonds is 4. The lowest BCUT2D eigenvalue weighted by molar-refractivity contribution is -0.385. The molecular formula is C12H15NO4. The van der Waals surface area contributed by atoms with Crippen LogP contribution >= 0.6 is 0 Å². The quantitative estimate of drug-likeness (QED) is 0.596. The van der Waals surface area contributed by atoms with Crippen molar-refractivity contribution in [3.63, 3.8) is 0 Å². The van der Waals surface area contributed by atoms with Gasteiger partial charge in [-0.2, -0.15) is 0 Å². The molecule has 1 saturated heterocycles. The van der Waals surface area contributed by atoms with Crippen LogP contribution in [0.1, 0.15) is 12.8 Å². The Morgan fingerprint density at radius 2 is 2.06 bits per heavy atom. The van der Waals surface area contributed by atoms with Gasteiger partial charge in [0, 0.05) is 19.3 Å². The van der Waals surface area contributed by atoms with Gasteiger partial charge in [0.05, 0.1) is 11.5 Å². The molecule has 5 heteroatoms. The molecule has 5 nitrogen and oxygen atoms in total. The molecule has 0 unspecified atom stereocenters. The van der Waals surface area contributed by atoms with Crippen molar-refractivity contribution in [3.8, 4) is 5.75 Å². The zero-order chi connectivity index (χ0) is 12.1. The molecular weight excluding hydrogens is 222 g/mol. The van der Waals surface area contributed by atoms with E-state index in [0.29, 0.717) is 18.3 Å². The second kappa shape index (κ2) is 5.63. The normalized spacial score (nSPS) is 16.7. The van der Waals surface area contributed by atoms with E-state index in [2.05, 4.69) is 0 Å². The summed E-state index contributed by atoms with van der Waals surface area (Å²) in [5.41, 5.74) is 0.0274. The second-order valence-corrected chi connectivity index (χ2v) is 4.09. The third-order valence-corrected chi connectivity index (χ3v) is 2.88. The summed E-state index contributed by atoms with van der Waals surface area (Å²) in [6.07, 6.45) is 1.92. The van der Waals surface area contributed by atoms with E-state index in [1.165, 1.54) is 6.07 Å². The van der Waals surface area contributed by atoms with E-state index >= 15 is 0 Å². The average Bonchev–Trinajstić information content (AvgIpc) is 2.38. The van der Waals surface area contributed by atoms with Gasteiger partial charge in [0.1, 0.15) is 0 Å². The highest BCUT2D eigenvalue weighted by molar-refractivity contribution is 5.45. The van der Waals surface area contributed by atoms with Gasteiger partial charge in [-0.3, -0.25) is 10.1 Å². The molecule has 0 aliphatic carbocycles. The zero-order valence-electron chi connectivity index (χ0n) is 9.50. The third-order valence-electron chi connectivity index (χ3n) is 2.88. The van der Waals surface area contributed by atoms with Gasteiger partial charge in [0.25, 0.3) is 0 Å². The topological polar surface area (TPSA) is 61.6 Å². The minimum atomic E-state index is -0.417. The predicted molar refractivity (Wildman–Crippen MR) is 62.1 cm³/mol. The lowest BCUT2D eigenvalue weighted by Crippen LogP contribution is -2.21. The summed E-state index contributed by atoms with van der Waals surface area (Å²) in [6.45, 7) is 2.03. The largest absolute Gasteiger partial charge is 0.487 e. The van der Waals surface area contributed by atoms with E-state index in [1.54, 1.807) is 18.2 Å². The number of benzene rings is 1. The van der Waals surface area contributed by atoms with Crippen molar-refractivity contribution < 1.29 is 14.4 Å². The molecule has 0 atom stereocenters.